The van der Waals surface area contributed by atoms with Gasteiger partial charge in [-0.2, -0.15) is 9.97 Å². The summed E-state index contributed by atoms with van der Waals surface area (Å²) in [7, 11) is 0. The van der Waals surface area contributed by atoms with Gasteiger partial charge in [-0.1, -0.05) is 5.16 Å². The van der Waals surface area contributed by atoms with E-state index in [1.165, 1.54) is 12.8 Å². The number of halogens is 2. The second-order valence-electron chi connectivity index (χ2n) is 6.96. The minimum Gasteiger partial charge on any atom is -0.368 e. The van der Waals surface area contributed by atoms with Gasteiger partial charge in [-0.3, -0.25) is 4.90 Å². The molecule has 11 heteroatoms. The molecular formula is C17H28Cl2N8O. The molecule has 0 spiro atoms. The number of nitrogens with two attached hydrogens (primary N) is 1. The van der Waals surface area contributed by atoms with Crippen molar-refractivity contribution in [3.8, 4) is 0 Å². The second-order valence-corrected chi connectivity index (χ2v) is 6.96. The number of aryl methyl sites for hydroxylation is 1. The van der Waals surface area contributed by atoms with Crippen molar-refractivity contribution < 1.29 is 4.52 Å². The van der Waals surface area contributed by atoms with Crippen molar-refractivity contribution >= 4 is 36.6 Å². The summed E-state index contributed by atoms with van der Waals surface area (Å²) in [6.07, 6.45) is 4.26. The molecule has 0 bridgehead atoms. The molecule has 0 amide bonds. The Morgan fingerprint density at radius 2 is 1.89 bits per heavy atom. The van der Waals surface area contributed by atoms with Crippen LogP contribution in [0.5, 0.6) is 0 Å². The lowest BCUT2D eigenvalue weighted by molar-refractivity contribution is 0.169. The van der Waals surface area contributed by atoms with Crippen molar-refractivity contribution in [2.45, 2.75) is 45.2 Å². The molecule has 0 unspecified atom stereocenters. The zero-order valence-electron chi connectivity index (χ0n) is 16.0. The summed E-state index contributed by atoms with van der Waals surface area (Å²) in [6.45, 7) is 6.51. The topological polar surface area (TPSA) is 118 Å². The first-order valence-corrected chi connectivity index (χ1v) is 9.32. The van der Waals surface area contributed by atoms with E-state index in [0.717, 1.165) is 56.1 Å². The molecular weight excluding hydrogens is 403 g/mol. The average molecular weight is 431 g/mol. The van der Waals surface area contributed by atoms with E-state index in [0.29, 0.717) is 30.3 Å². The van der Waals surface area contributed by atoms with E-state index in [1.54, 1.807) is 6.92 Å². The van der Waals surface area contributed by atoms with Gasteiger partial charge in [-0.15, -0.1) is 24.8 Å². The lowest BCUT2D eigenvalue weighted by Gasteiger charge is -2.33. The van der Waals surface area contributed by atoms with Gasteiger partial charge in [-0.25, -0.2) is 4.98 Å². The van der Waals surface area contributed by atoms with Gasteiger partial charge in [0.15, 0.2) is 5.82 Å². The molecule has 0 atom stereocenters. The first kappa shape index (κ1) is 22.6. The van der Waals surface area contributed by atoms with Crippen LogP contribution in [0, 0.1) is 6.92 Å². The van der Waals surface area contributed by atoms with E-state index < -0.39 is 0 Å². The molecule has 28 heavy (non-hydrogen) atoms. The van der Waals surface area contributed by atoms with Crippen molar-refractivity contribution in [3.05, 3.63) is 23.0 Å². The smallest absolute Gasteiger partial charge is 0.223 e. The van der Waals surface area contributed by atoms with E-state index in [4.69, 9.17) is 10.3 Å². The number of nitrogen functional groups attached to an aromatic ring is 1. The Hall–Kier alpha value is -1.68. The zero-order valence-corrected chi connectivity index (χ0v) is 17.6. The van der Waals surface area contributed by atoms with Crippen LogP contribution < -0.4 is 16.4 Å². The number of rotatable bonds is 4. The molecule has 4 heterocycles. The van der Waals surface area contributed by atoms with Crippen molar-refractivity contribution in [1.82, 2.24) is 30.3 Å². The van der Waals surface area contributed by atoms with Gasteiger partial charge >= 0.3 is 0 Å². The van der Waals surface area contributed by atoms with Gasteiger partial charge in [0.25, 0.3) is 0 Å². The first-order chi connectivity index (χ1) is 12.7. The Morgan fingerprint density at radius 1 is 1.14 bits per heavy atom. The van der Waals surface area contributed by atoms with E-state index in [2.05, 4.69) is 35.6 Å². The molecule has 156 valence electrons. The summed E-state index contributed by atoms with van der Waals surface area (Å²) in [5.74, 6) is 2.27. The predicted molar refractivity (Wildman–Crippen MR) is 112 cm³/mol. The standard InChI is InChI=1S/C17H26N8O.2ClH/c1-11-21-15(24-26-11)10-20-16-13-4-8-25(12-2-6-19-7-3-12)9-5-14(13)22-17(18)23-16;;/h12,19H,2-10H2,1H3,(H3,18,20,22,23);2*1H. The largest absolute Gasteiger partial charge is 0.368 e. The van der Waals surface area contributed by atoms with Crippen LogP contribution in [0.4, 0.5) is 11.8 Å². The number of nitrogens with one attached hydrogen (secondary N) is 2. The molecule has 9 nitrogen and oxygen atoms in total. The van der Waals surface area contributed by atoms with Gasteiger partial charge in [0, 0.05) is 38.0 Å². The van der Waals surface area contributed by atoms with Crippen molar-refractivity contribution in [2.24, 2.45) is 0 Å². The number of hydrogen-bond acceptors (Lipinski definition) is 9. The van der Waals surface area contributed by atoms with Gasteiger partial charge in [0.05, 0.1) is 12.2 Å². The highest BCUT2D eigenvalue weighted by molar-refractivity contribution is 5.85. The van der Waals surface area contributed by atoms with Crippen LogP contribution in [-0.4, -0.2) is 57.2 Å². The Balaban J connectivity index is 0.00000140. The van der Waals surface area contributed by atoms with Crippen LogP contribution in [0.25, 0.3) is 0 Å². The minimum atomic E-state index is 0. The van der Waals surface area contributed by atoms with Crippen LogP contribution in [0.15, 0.2) is 4.52 Å². The molecule has 0 saturated carbocycles. The number of aromatic nitrogens is 4. The third kappa shape index (κ3) is 5.22. The Kier molecular flexibility index (Phi) is 8.23. The highest BCUT2D eigenvalue weighted by Gasteiger charge is 2.25. The summed E-state index contributed by atoms with van der Waals surface area (Å²) in [4.78, 5) is 15.8. The second kappa shape index (κ2) is 10.2. The fraction of sp³-hybridized carbons (Fsp3) is 0.647. The molecule has 4 N–H and O–H groups in total. The first-order valence-electron chi connectivity index (χ1n) is 9.32. The van der Waals surface area contributed by atoms with E-state index in [9.17, 15) is 0 Å². The molecule has 0 aromatic carbocycles. The van der Waals surface area contributed by atoms with E-state index in [-0.39, 0.29) is 24.8 Å². The summed E-state index contributed by atoms with van der Waals surface area (Å²) < 4.78 is 5.02. The van der Waals surface area contributed by atoms with Gasteiger partial charge in [0.2, 0.25) is 11.8 Å². The molecule has 2 aliphatic heterocycles. The predicted octanol–water partition coefficient (Wildman–Crippen LogP) is 1.36. The van der Waals surface area contributed by atoms with Crippen LogP contribution in [-0.2, 0) is 19.4 Å². The summed E-state index contributed by atoms with van der Waals surface area (Å²) in [6, 6.07) is 0.662. The van der Waals surface area contributed by atoms with E-state index >= 15 is 0 Å². The highest BCUT2D eigenvalue weighted by atomic mass is 35.5. The number of piperidine rings is 1. The quantitative estimate of drug-likeness (QED) is 0.659. The van der Waals surface area contributed by atoms with Crippen molar-refractivity contribution in [1.29, 1.82) is 0 Å². The average Bonchev–Trinajstić information content (AvgIpc) is 2.94. The lowest BCUT2D eigenvalue weighted by Crippen LogP contribution is -2.44. The summed E-state index contributed by atoms with van der Waals surface area (Å²) in [5, 5.41) is 10.7. The monoisotopic (exact) mass is 430 g/mol. The van der Waals surface area contributed by atoms with Crippen LogP contribution in [0.3, 0.4) is 0 Å². The van der Waals surface area contributed by atoms with Crippen LogP contribution in [0.2, 0.25) is 0 Å². The van der Waals surface area contributed by atoms with Crippen molar-refractivity contribution in [2.75, 3.05) is 37.2 Å². The van der Waals surface area contributed by atoms with Gasteiger partial charge in [-0.05, 0) is 32.4 Å². The maximum atomic E-state index is 5.95. The molecule has 1 saturated heterocycles. The highest BCUT2D eigenvalue weighted by Crippen LogP contribution is 2.24. The van der Waals surface area contributed by atoms with Crippen LogP contribution in [0.1, 0.15) is 35.8 Å². The number of hydrogen-bond donors (Lipinski definition) is 3. The fourth-order valence-corrected chi connectivity index (χ4v) is 3.89. The fourth-order valence-electron chi connectivity index (χ4n) is 3.89. The minimum absolute atomic E-state index is 0. The maximum absolute atomic E-state index is 5.95. The normalized spacial score (nSPS) is 17.8. The molecule has 4 rings (SSSR count). The molecule has 2 aromatic heterocycles. The van der Waals surface area contributed by atoms with Crippen molar-refractivity contribution in [3.63, 3.8) is 0 Å². The number of fused-ring (bicyclic) bond motifs is 1. The summed E-state index contributed by atoms with van der Waals surface area (Å²) >= 11 is 0. The SMILES string of the molecule is Cc1nc(CNc2nc(N)nc3c2CCN(C2CCNCC2)CC3)no1.Cl.Cl. The van der Waals surface area contributed by atoms with Crippen LogP contribution >= 0.6 is 24.8 Å². The molecule has 0 radical (unpaired) electrons. The molecule has 1 fully saturated rings. The van der Waals surface area contributed by atoms with Gasteiger partial charge < -0.3 is 20.9 Å². The maximum Gasteiger partial charge on any atom is 0.223 e. The third-order valence-corrected chi connectivity index (χ3v) is 5.20. The van der Waals surface area contributed by atoms with Gasteiger partial charge in [0.1, 0.15) is 5.82 Å². The molecule has 2 aliphatic rings. The van der Waals surface area contributed by atoms with E-state index in [1.807, 2.05) is 0 Å². The molecule has 2 aromatic rings. The Morgan fingerprint density at radius 3 is 2.61 bits per heavy atom. The Labute approximate surface area is 177 Å². The zero-order chi connectivity index (χ0) is 17.9. The molecule has 0 aliphatic carbocycles. The Bertz CT molecular complexity index is 766. The number of nitrogens with zero attached hydrogens (tertiary/aromatic N) is 5. The summed E-state index contributed by atoms with van der Waals surface area (Å²) in [5.41, 5.74) is 8.17. The lowest BCUT2D eigenvalue weighted by atomic mass is 10.0. The number of anilines is 2. The third-order valence-electron chi connectivity index (χ3n) is 5.20.